The molecular weight excluding hydrogens is 238 g/mol. The van der Waals surface area contributed by atoms with Gasteiger partial charge in [0.25, 0.3) is 5.91 Å². The van der Waals surface area contributed by atoms with E-state index in [4.69, 9.17) is 11.6 Å². The molecule has 0 heterocycles. The lowest BCUT2D eigenvalue weighted by molar-refractivity contribution is 0.0935. The molecule has 0 aliphatic rings. The predicted molar refractivity (Wildman–Crippen MR) is 69.7 cm³/mol. The first-order chi connectivity index (χ1) is 8.04. The molecule has 3 nitrogen and oxygen atoms in total. The van der Waals surface area contributed by atoms with Gasteiger partial charge in [0, 0.05) is 11.9 Å². The number of carbonyl (C=O) groups excluding carboxylic acids is 1. The van der Waals surface area contributed by atoms with Gasteiger partial charge in [-0.05, 0) is 44.4 Å². The molecule has 0 fully saturated rings. The molecule has 17 heavy (non-hydrogen) atoms. The summed E-state index contributed by atoms with van der Waals surface area (Å²) in [5.74, 6) is 0.368. The van der Waals surface area contributed by atoms with Crippen LogP contribution in [0.3, 0.4) is 0 Å². The predicted octanol–water partition coefficient (Wildman–Crippen LogP) is 2.84. The lowest BCUT2D eigenvalue weighted by Gasteiger charge is -2.13. The molecule has 0 spiro atoms. The van der Waals surface area contributed by atoms with Crippen molar-refractivity contribution in [1.82, 2.24) is 5.32 Å². The van der Waals surface area contributed by atoms with Crippen molar-refractivity contribution < 1.29 is 9.90 Å². The number of amides is 1. The molecule has 0 saturated carbocycles. The van der Waals surface area contributed by atoms with E-state index in [1.54, 1.807) is 18.2 Å². The molecule has 1 amide bonds. The van der Waals surface area contributed by atoms with Crippen LogP contribution in [0.4, 0.5) is 0 Å². The minimum atomic E-state index is -0.246. The van der Waals surface area contributed by atoms with Crippen LogP contribution in [0.5, 0.6) is 5.75 Å². The topological polar surface area (TPSA) is 49.3 Å². The third kappa shape index (κ3) is 4.27. The number of nitrogens with one attached hydrogen (secondary N) is 1. The van der Waals surface area contributed by atoms with Crippen LogP contribution in [0, 0.1) is 6.92 Å². The Morgan fingerprint density at radius 1 is 1.53 bits per heavy atom. The van der Waals surface area contributed by atoms with Gasteiger partial charge in [-0.2, -0.15) is 0 Å². The van der Waals surface area contributed by atoms with Gasteiger partial charge in [-0.15, -0.1) is 11.6 Å². The van der Waals surface area contributed by atoms with Gasteiger partial charge in [0.2, 0.25) is 0 Å². The van der Waals surface area contributed by atoms with Crippen molar-refractivity contribution >= 4 is 17.5 Å². The molecular formula is C13H18ClNO2. The van der Waals surface area contributed by atoms with E-state index in [9.17, 15) is 9.90 Å². The summed E-state index contributed by atoms with van der Waals surface area (Å²) in [6, 6.07) is 5.08. The Balaban J connectivity index is 2.63. The third-order valence-electron chi connectivity index (χ3n) is 2.55. The maximum Gasteiger partial charge on any atom is 0.255 e. The highest BCUT2D eigenvalue weighted by Crippen LogP contribution is 2.18. The Kier molecular flexibility index (Phi) is 5.29. The van der Waals surface area contributed by atoms with Gasteiger partial charge < -0.3 is 10.4 Å². The van der Waals surface area contributed by atoms with E-state index < -0.39 is 0 Å². The molecule has 0 aliphatic carbocycles. The lowest BCUT2D eigenvalue weighted by atomic mass is 10.1. The van der Waals surface area contributed by atoms with Crippen LogP contribution in [0.25, 0.3) is 0 Å². The molecule has 4 heteroatoms. The highest BCUT2D eigenvalue weighted by atomic mass is 35.5. The number of benzene rings is 1. The molecule has 1 rings (SSSR count). The number of phenols is 1. The van der Waals surface area contributed by atoms with Crippen molar-refractivity contribution in [2.75, 3.05) is 5.88 Å². The number of alkyl halides is 1. The van der Waals surface area contributed by atoms with Crippen molar-refractivity contribution in [2.24, 2.45) is 0 Å². The zero-order valence-electron chi connectivity index (χ0n) is 10.2. The Labute approximate surface area is 107 Å². The van der Waals surface area contributed by atoms with Crippen molar-refractivity contribution in [2.45, 2.75) is 32.7 Å². The van der Waals surface area contributed by atoms with Crippen LogP contribution in [0.2, 0.25) is 0 Å². The summed E-state index contributed by atoms with van der Waals surface area (Å²) in [7, 11) is 0. The highest BCUT2D eigenvalue weighted by Gasteiger charge is 2.13. The summed E-state index contributed by atoms with van der Waals surface area (Å²) in [6.07, 6.45) is 1.70. The van der Waals surface area contributed by atoms with E-state index in [0.29, 0.717) is 11.4 Å². The van der Waals surface area contributed by atoms with Gasteiger partial charge in [0.15, 0.2) is 0 Å². The van der Waals surface area contributed by atoms with Crippen molar-refractivity contribution in [3.8, 4) is 5.75 Å². The van der Waals surface area contributed by atoms with Gasteiger partial charge in [-0.3, -0.25) is 4.79 Å². The molecule has 0 radical (unpaired) electrons. The number of aryl methyl sites for hydroxylation is 1. The van der Waals surface area contributed by atoms with Crippen LogP contribution >= 0.6 is 11.6 Å². The lowest BCUT2D eigenvalue weighted by Crippen LogP contribution is -2.32. The van der Waals surface area contributed by atoms with E-state index in [1.165, 1.54) is 0 Å². The van der Waals surface area contributed by atoms with E-state index in [0.717, 1.165) is 18.4 Å². The van der Waals surface area contributed by atoms with Crippen molar-refractivity contribution in [1.29, 1.82) is 0 Å². The van der Waals surface area contributed by atoms with Crippen molar-refractivity contribution in [3.63, 3.8) is 0 Å². The maximum absolute atomic E-state index is 11.8. The molecule has 0 saturated heterocycles. The second-order valence-electron chi connectivity index (χ2n) is 4.23. The highest BCUT2D eigenvalue weighted by molar-refractivity contribution is 6.17. The quantitative estimate of drug-likeness (QED) is 0.795. The maximum atomic E-state index is 11.8. The van der Waals surface area contributed by atoms with Crippen LogP contribution in [0.15, 0.2) is 18.2 Å². The first kappa shape index (κ1) is 13.8. The molecule has 2 N–H and O–H groups in total. The minimum absolute atomic E-state index is 0.0204. The number of carbonyl (C=O) groups is 1. The monoisotopic (exact) mass is 255 g/mol. The Morgan fingerprint density at radius 2 is 2.24 bits per heavy atom. The molecule has 1 unspecified atom stereocenters. The van der Waals surface area contributed by atoms with Crippen LogP contribution in [-0.2, 0) is 0 Å². The summed E-state index contributed by atoms with van der Waals surface area (Å²) >= 11 is 5.59. The molecule has 0 aromatic heterocycles. The zero-order chi connectivity index (χ0) is 12.8. The average molecular weight is 256 g/mol. The smallest absolute Gasteiger partial charge is 0.255 e. The average Bonchev–Trinajstić information content (AvgIpc) is 2.26. The number of hydrogen-bond donors (Lipinski definition) is 2. The molecule has 0 bridgehead atoms. The van der Waals surface area contributed by atoms with Gasteiger partial charge in [-0.25, -0.2) is 0 Å². The SMILES string of the molecule is Cc1ccc(C(=O)NC(C)CCCCl)c(O)c1. The van der Waals surface area contributed by atoms with Gasteiger partial charge in [-0.1, -0.05) is 6.07 Å². The molecule has 94 valence electrons. The first-order valence-electron chi connectivity index (χ1n) is 5.71. The van der Waals surface area contributed by atoms with Crippen molar-refractivity contribution in [3.05, 3.63) is 29.3 Å². The van der Waals surface area contributed by atoms with Gasteiger partial charge in [0.05, 0.1) is 5.56 Å². The summed E-state index contributed by atoms with van der Waals surface area (Å²) in [5, 5.41) is 12.5. The normalized spacial score (nSPS) is 12.2. The van der Waals surface area contributed by atoms with Gasteiger partial charge in [0.1, 0.15) is 5.75 Å². The fraction of sp³-hybridized carbons (Fsp3) is 0.462. The summed E-state index contributed by atoms with van der Waals surface area (Å²) < 4.78 is 0. The van der Waals surface area contributed by atoms with E-state index in [1.807, 2.05) is 13.8 Å². The third-order valence-corrected chi connectivity index (χ3v) is 2.81. The Hall–Kier alpha value is -1.22. The number of aromatic hydroxyl groups is 1. The number of rotatable bonds is 5. The van der Waals surface area contributed by atoms with E-state index in [-0.39, 0.29) is 17.7 Å². The second kappa shape index (κ2) is 6.50. The van der Waals surface area contributed by atoms with E-state index >= 15 is 0 Å². The first-order valence-corrected chi connectivity index (χ1v) is 6.24. The van der Waals surface area contributed by atoms with Crippen LogP contribution < -0.4 is 5.32 Å². The Morgan fingerprint density at radius 3 is 2.82 bits per heavy atom. The molecule has 0 aliphatic heterocycles. The summed E-state index contributed by atoms with van der Waals surface area (Å²) in [4.78, 5) is 11.8. The molecule has 1 aromatic rings. The summed E-state index contributed by atoms with van der Waals surface area (Å²) in [6.45, 7) is 3.79. The summed E-state index contributed by atoms with van der Waals surface area (Å²) in [5.41, 5.74) is 1.24. The second-order valence-corrected chi connectivity index (χ2v) is 4.60. The Bertz CT molecular complexity index is 393. The molecule has 1 aromatic carbocycles. The number of halogens is 1. The standard InChI is InChI=1S/C13H18ClNO2/c1-9-5-6-11(12(16)8-9)13(17)15-10(2)4-3-7-14/h5-6,8,10,16H,3-4,7H2,1-2H3,(H,15,17). The fourth-order valence-electron chi connectivity index (χ4n) is 1.59. The van der Waals surface area contributed by atoms with E-state index in [2.05, 4.69) is 5.32 Å². The fourth-order valence-corrected chi connectivity index (χ4v) is 1.75. The molecule has 1 atom stereocenters. The van der Waals surface area contributed by atoms with Crippen LogP contribution in [-0.4, -0.2) is 22.9 Å². The zero-order valence-corrected chi connectivity index (χ0v) is 10.9. The minimum Gasteiger partial charge on any atom is -0.507 e. The van der Waals surface area contributed by atoms with Crippen LogP contribution in [0.1, 0.15) is 35.7 Å². The number of hydrogen-bond acceptors (Lipinski definition) is 2. The largest absolute Gasteiger partial charge is 0.507 e. The number of phenolic OH excluding ortho intramolecular Hbond substituents is 1. The van der Waals surface area contributed by atoms with Gasteiger partial charge >= 0.3 is 0 Å².